The van der Waals surface area contributed by atoms with Crippen LogP contribution in [0.25, 0.3) is 0 Å². The minimum atomic E-state index is 0.733. The van der Waals surface area contributed by atoms with Crippen LogP contribution in [0.15, 0.2) is 18.3 Å². The highest BCUT2D eigenvalue weighted by molar-refractivity contribution is 5.34. The van der Waals surface area contributed by atoms with Gasteiger partial charge in [-0.1, -0.05) is 13.8 Å². The zero-order valence-electron chi connectivity index (χ0n) is 9.03. The highest BCUT2D eigenvalue weighted by Crippen LogP contribution is 2.02. The third-order valence-electron chi connectivity index (χ3n) is 2.43. The first-order chi connectivity index (χ1) is 6.76. The van der Waals surface area contributed by atoms with Gasteiger partial charge >= 0.3 is 0 Å². The van der Waals surface area contributed by atoms with Gasteiger partial charge in [0.25, 0.3) is 0 Å². The molecule has 0 spiro atoms. The molecule has 14 heavy (non-hydrogen) atoms. The maximum absolute atomic E-state index is 5.56. The molecule has 0 unspecified atom stereocenters. The van der Waals surface area contributed by atoms with Gasteiger partial charge in [-0.3, -0.25) is 4.98 Å². The Morgan fingerprint density at radius 1 is 1.29 bits per heavy atom. The zero-order chi connectivity index (χ0) is 10.4. The van der Waals surface area contributed by atoms with Crippen molar-refractivity contribution in [3.63, 3.8) is 0 Å². The predicted molar refractivity (Wildman–Crippen MR) is 60.1 cm³/mol. The quantitative estimate of drug-likeness (QED) is 0.771. The number of anilines is 1. The van der Waals surface area contributed by atoms with Gasteiger partial charge < -0.3 is 10.6 Å². The number of nitrogens with two attached hydrogens (primary N) is 1. The molecule has 2 N–H and O–H groups in total. The lowest BCUT2D eigenvalue weighted by Crippen LogP contribution is -2.25. The molecule has 3 nitrogen and oxygen atoms in total. The van der Waals surface area contributed by atoms with E-state index in [0.717, 1.165) is 37.4 Å². The first-order valence-electron chi connectivity index (χ1n) is 5.19. The lowest BCUT2D eigenvalue weighted by molar-refractivity contribution is 0.307. The number of hydrogen-bond donors (Lipinski definition) is 1. The Morgan fingerprint density at radius 3 is 2.50 bits per heavy atom. The van der Waals surface area contributed by atoms with E-state index in [0.29, 0.717) is 0 Å². The molecule has 0 saturated carbocycles. The molecule has 1 aromatic heterocycles. The van der Waals surface area contributed by atoms with Crippen molar-refractivity contribution in [2.45, 2.75) is 20.3 Å². The Kier molecular flexibility index (Phi) is 4.40. The van der Waals surface area contributed by atoms with E-state index < -0.39 is 0 Å². The van der Waals surface area contributed by atoms with E-state index in [1.807, 2.05) is 12.1 Å². The fourth-order valence-electron chi connectivity index (χ4n) is 1.40. The van der Waals surface area contributed by atoms with E-state index in [9.17, 15) is 0 Å². The van der Waals surface area contributed by atoms with E-state index in [-0.39, 0.29) is 0 Å². The first-order valence-corrected chi connectivity index (χ1v) is 5.19. The lowest BCUT2D eigenvalue weighted by atomic mass is 10.2. The van der Waals surface area contributed by atoms with E-state index in [2.05, 4.69) is 23.7 Å². The number of likely N-dealkylation sites (N-methyl/N-ethyl adjacent to an activating group) is 1. The number of pyridine rings is 1. The van der Waals surface area contributed by atoms with Crippen LogP contribution in [0.3, 0.4) is 0 Å². The summed E-state index contributed by atoms with van der Waals surface area (Å²) in [6.45, 7) is 7.64. The predicted octanol–water partition coefficient (Wildman–Crippen LogP) is 1.55. The molecule has 0 saturated heterocycles. The SMILES string of the molecule is CCN(CC)CCc1ccc(N)cn1. The summed E-state index contributed by atoms with van der Waals surface area (Å²) in [5, 5.41) is 0. The van der Waals surface area contributed by atoms with Gasteiger partial charge in [0.05, 0.1) is 11.9 Å². The van der Waals surface area contributed by atoms with E-state index in [1.165, 1.54) is 0 Å². The van der Waals surface area contributed by atoms with Gasteiger partial charge in [-0.25, -0.2) is 0 Å². The Bertz CT molecular complexity index is 252. The topological polar surface area (TPSA) is 42.1 Å². The molecule has 0 fully saturated rings. The molecule has 0 amide bonds. The molecule has 0 atom stereocenters. The smallest absolute Gasteiger partial charge is 0.0501 e. The minimum absolute atomic E-state index is 0.733. The van der Waals surface area contributed by atoms with Crippen molar-refractivity contribution in [3.05, 3.63) is 24.0 Å². The van der Waals surface area contributed by atoms with E-state index in [1.54, 1.807) is 6.20 Å². The van der Waals surface area contributed by atoms with Crippen LogP contribution in [0.5, 0.6) is 0 Å². The first kappa shape index (κ1) is 11.0. The molecular weight excluding hydrogens is 174 g/mol. The standard InChI is InChI=1S/C11H19N3/c1-3-14(4-2)8-7-11-6-5-10(12)9-13-11/h5-6,9H,3-4,7-8,12H2,1-2H3. The van der Waals surface area contributed by atoms with Crippen LogP contribution in [0.4, 0.5) is 5.69 Å². The van der Waals surface area contributed by atoms with E-state index in [4.69, 9.17) is 5.73 Å². The van der Waals surface area contributed by atoms with Crippen LogP contribution < -0.4 is 5.73 Å². The van der Waals surface area contributed by atoms with Gasteiger partial charge in [0.2, 0.25) is 0 Å². The van der Waals surface area contributed by atoms with Crippen molar-refractivity contribution in [1.29, 1.82) is 0 Å². The van der Waals surface area contributed by atoms with Crippen molar-refractivity contribution in [2.75, 3.05) is 25.4 Å². The Morgan fingerprint density at radius 2 is 2.00 bits per heavy atom. The molecular formula is C11H19N3. The molecule has 1 aromatic rings. The summed E-state index contributed by atoms with van der Waals surface area (Å²) in [5.41, 5.74) is 7.41. The third kappa shape index (κ3) is 3.34. The summed E-state index contributed by atoms with van der Waals surface area (Å²) in [5.74, 6) is 0. The molecule has 0 aliphatic rings. The molecule has 1 heterocycles. The average Bonchev–Trinajstić information content (AvgIpc) is 2.22. The summed E-state index contributed by atoms with van der Waals surface area (Å²) in [4.78, 5) is 6.65. The highest BCUT2D eigenvalue weighted by atomic mass is 15.1. The van der Waals surface area contributed by atoms with Crippen molar-refractivity contribution in [3.8, 4) is 0 Å². The third-order valence-corrected chi connectivity index (χ3v) is 2.43. The number of nitrogens with zero attached hydrogens (tertiary/aromatic N) is 2. The van der Waals surface area contributed by atoms with E-state index >= 15 is 0 Å². The van der Waals surface area contributed by atoms with Gasteiger partial charge in [-0.05, 0) is 25.2 Å². The van der Waals surface area contributed by atoms with Crippen LogP contribution in [0, 0.1) is 0 Å². The van der Waals surface area contributed by atoms with Gasteiger partial charge in [-0.15, -0.1) is 0 Å². The number of aromatic nitrogens is 1. The van der Waals surface area contributed by atoms with Gasteiger partial charge in [-0.2, -0.15) is 0 Å². The van der Waals surface area contributed by atoms with Crippen molar-refractivity contribution in [1.82, 2.24) is 9.88 Å². The van der Waals surface area contributed by atoms with Gasteiger partial charge in [0.15, 0.2) is 0 Å². The molecule has 3 heteroatoms. The maximum Gasteiger partial charge on any atom is 0.0501 e. The molecule has 0 bridgehead atoms. The Hall–Kier alpha value is -1.09. The molecule has 0 radical (unpaired) electrons. The molecule has 0 aromatic carbocycles. The van der Waals surface area contributed by atoms with Crippen LogP contribution in [-0.4, -0.2) is 29.5 Å². The summed E-state index contributed by atoms with van der Waals surface area (Å²) in [6.07, 6.45) is 2.72. The fraction of sp³-hybridized carbons (Fsp3) is 0.545. The summed E-state index contributed by atoms with van der Waals surface area (Å²) in [6, 6.07) is 3.91. The number of nitrogen functional groups attached to an aromatic ring is 1. The summed E-state index contributed by atoms with van der Waals surface area (Å²) in [7, 11) is 0. The summed E-state index contributed by atoms with van der Waals surface area (Å²) >= 11 is 0. The monoisotopic (exact) mass is 193 g/mol. The highest BCUT2D eigenvalue weighted by Gasteiger charge is 2.00. The van der Waals surface area contributed by atoms with Crippen molar-refractivity contribution >= 4 is 5.69 Å². The van der Waals surface area contributed by atoms with Crippen molar-refractivity contribution < 1.29 is 0 Å². The second kappa shape index (κ2) is 5.60. The van der Waals surface area contributed by atoms with Crippen molar-refractivity contribution in [2.24, 2.45) is 0 Å². The van der Waals surface area contributed by atoms with Gasteiger partial charge in [0.1, 0.15) is 0 Å². The van der Waals surface area contributed by atoms with Crippen LogP contribution in [0.1, 0.15) is 19.5 Å². The molecule has 1 rings (SSSR count). The number of hydrogen-bond acceptors (Lipinski definition) is 3. The fourth-order valence-corrected chi connectivity index (χ4v) is 1.40. The normalized spacial score (nSPS) is 10.8. The Balaban J connectivity index is 2.41. The van der Waals surface area contributed by atoms with Crippen LogP contribution in [0.2, 0.25) is 0 Å². The largest absolute Gasteiger partial charge is 0.397 e. The second-order valence-electron chi connectivity index (χ2n) is 3.36. The van der Waals surface area contributed by atoms with Crippen LogP contribution in [-0.2, 0) is 6.42 Å². The molecule has 78 valence electrons. The Labute approximate surface area is 85.9 Å². The molecule has 0 aliphatic carbocycles. The maximum atomic E-state index is 5.56. The molecule has 0 aliphatic heterocycles. The summed E-state index contributed by atoms with van der Waals surface area (Å²) < 4.78 is 0. The van der Waals surface area contributed by atoms with Crippen LogP contribution >= 0.6 is 0 Å². The zero-order valence-corrected chi connectivity index (χ0v) is 9.03. The second-order valence-corrected chi connectivity index (χ2v) is 3.36. The minimum Gasteiger partial charge on any atom is -0.397 e. The van der Waals surface area contributed by atoms with Gasteiger partial charge in [0, 0.05) is 18.7 Å². The number of rotatable bonds is 5. The lowest BCUT2D eigenvalue weighted by Gasteiger charge is -2.17. The average molecular weight is 193 g/mol.